The van der Waals surface area contributed by atoms with Gasteiger partial charge in [-0.25, -0.2) is 0 Å². The second-order valence-electron chi connectivity index (χ2n) is 4.84. The molecule has 0 aliphatic carbocycles. The van der Waals surface area contributed by atoms with Crippen molar-refractivity contribution in [1.29, 1.82) is 0 Å². The fraction of sp³-hybridized carbons (Fsp3) is 0.467. The molecule has 1 N–H and O–H groups in total. The maximum absolute atomic E-state index is 12.3. The van der Waals surface area contributed by atoms with E-state index in [4.69, 9.17) is 0 Å². The lowest BCUT2D eigenvalue weighted by Gasteiger charge is -2.27. The van der Waals surface area contributed by atoms with Crippen LogP contribution in [0.4, 0.5) is 5.69 Å². The number of benzene rings is 1. The molecule has 0 fully saturated rings. The smallest absolute Gasteiger partial charge is 0.319 e. The normalized spacial score (nSPS) is 18.1. The molecule has 1 heterocycles. The standard InChI is InChI=1S/C15H20N2O3/c1-3-17(10-14(18)20-2)13-9-8-11-6-4-5-7-12(11)16-15(13)19/h4-7,13H,3,8-10H2,1-2H3,(H,16,19). The van der Waals surface area contributed by atoms with Crippen LogP contribution >= 0.6 is 0 Å². The number of para-hydroxylation sites is 1. The molecule has 1 aliphatic heterocycles. The summed E-state index contributed by atoms with van der Waals surface area (Å²) in [6.45, 7) is 2.71. The molecule has 1 unspecified atom stereocenters. The van der Waals surface area contributed by atoms with Crippen molar-refractivity contribution < 1.29 is 14.3 Å². The first-order valence-corrected chi connectivity index (χ1v) is 6.85. The molecule has 108 valence electrons. The topological polar surface area (TPSA) is 58.6 Å². The number of anilines is 1. The Kier molecular flexibility index (Phi) is 4.74. The minimum atomic E-state index is -0.318. The third-order valence-electron chi connectivity index (χ3n) is 3.67. The van der Waals surface area contributed by atoms with Crippen molar-refractivity contribution in [3.63, 3.8) is 0 Å². The maximum Gasteiger partial charge on any atom is 0.319 e. The number of methoxy groups -OCH3 is 1. The Morgan fingerprint density at radius 3 is 2.90 bits per heavy atom. The highest BCUT2D eigenvalue weighted by molar-refractivity contribution is 5.96. The summed E-state index contributed by atoms with van der Waals surface area (Å²) in [5, 5.41) is 2.95. The summed E-state index contributed by atoms with van der Waals surface area (Å²) in [6.07, 6.45) is 1.52. The second-order valence-corrected chi connectivity index (χ2v) is 4.84. The second kappa shape index (κ2) is 6.52. The summed E-state index contributed by atoms with van der Waals surface area (Å²) in [4.78, 5) is 25.6. The molecule has 0 saturated heterocycles. The van der Waals surface area contributed by atoms with Crippen LogP contribution in [-0.2, 0) is 20.7 Å². The number of nitrogens with one attached hydrogen (secondary N) is 1. The van der Waals surface area contributed by atoms with Crippen molar-refractivity contribution in [2.75, 3.05) is 25.5 Å². The Balaban J connectivity index is 2.14. The van der Waals surface area contributed by atoms with Gasteiger partial charge in [-0.3, -0.25) is 14.5 Å². The van der Waals surface area contributed by atoms with Crippen LogP contribution in [0.25, 0.3) is 0 Å². The van der Waals surface area contributed by atoms with Gasteiger partial charge in [0, 0.05) is 5.69 Å². The molecule has 1 aliphatic rings. The summed E-state index contributed by atoms with van der Waals surface area (Å²) in [5.41, 5.74) is 2.01. The molecule has 0 spiro atoms. The maximum atomic E-state index is 12.3. The highest BCUT2D eigenvalue weighted by Gasteiger charge is 2.29. The van der Waals surface area contributed by atoms with Gasteiger partial charge in [0.2, 0.25) is 5.91 Å². The summed E-state index contributed by atoms with van der Waals surface area (Å²) in [6, 6.07) is 7.51. The lowest BCUT2D eigenvalue weighted by atomic mass is 10.0. The Morgan fingerprint density at radius 2 is 2.20 bits per heavy atom. The van der Waals surface area contributed by atoms with Gasteiger partial charge in [-0.2, -0.15) is 0 Å². The van der Waals surface area contributed by atoms with E-state index in [1.807, 2.05) is 36.1 Å². The minimum Gasteiger partial charge on any atom is -0.468 e. The van der Waals surface area contributed by atoms with Gasteiger partial charge in [-0.15, -0.1) is 0 Å². The first-order valence-electron chi connectivity index (χ1n) is 6.85. The average Bonchev–Trinajstić information content (AvgIpc) is 2.63. The number of hydrogen-bond donors (Lipinski definition) is 1. The van der Waals surface area contributed by atoms with Crippen molar-refractivity contribution in [3.05, 3.63) is 29.8 Å². The summed E-state index contributed by atoms with van der Waals surface area (Å²) >= 11 is 0. The molecular formula is C15H20N2O3. The van der Waals surface area contributed by atoms with Gasteiger partial charge < -0.3 is 10.1 Å². The van der Waals surface area contributed by atoms with Crippen molar-refractivity contribution in [2.45, 2.75) is 25.8 Å². The van der Waals surface area contributed by atoms with Crippen LogP contribution < -0.4 is 5.32 Å². The molecule has 20 heavy (non-hydrogen) atoms. The van der Waals surface area contributed by atoms with Crippen molar-refractivity contribution >= 4 is 17.6 Å². The SMILES string of the molecule is CCN(CC(=O)OC)C1CCc2ccccc2NC1=O. The van der Waals surface area contributed by atoms with E-state index in [9.17, 15) is 9.59 Å². The predicted molar refractivity (Wildman–Crippen MR) is 76.4 cm³/mol. The third kappa shape index (κ3) is 3.17. The van der Waals surface area contributed by atoms with Gasteiger partial charge in [-0.1, -0.05) is 25.1 Å². The van der Waals surface area contributed by atoms with Crippen molar-refractivity contribution in [3.8, 4) is 0 Å². The highest BCUT2D eigenvalue weighted by Crippen LogP contribution is 2.23. The number of carbonyl (C=O) groups excluding carboxylic acids is 2. The lowest BCUT2D eigenvalue weighted by molar-refractivity contribution is -0.143. The van der Waals surface area contributed by atoms with Crippen LogP contribution in [0.3, 0.4) is 0 Å². The van der Waals surface area contributed by atoms with Crippen LogP contribution in [0.5, 0.6) is 0 Å². The summed E-state index contributed by atoms with van der Waals surface area (Å²) < 4.78 is 4.69. The summed E-state index contributed by atoms with van der Waals surface area (Å²) in [5.74, 6) is -0.373. The Hall–Kier alpha value is -1.88. The zero-order valence-electron chi connectivity index (χ0n) is 11.9. The number of fused-ring (bicyclic) bond motifs is 1. The number of ether oxygens (including phenoxy) is 1. The van der Waals surface area contributed by atoms with E-state index >= 15 is 0 Å². The summed E-state index contributed by atoms with van der Waals surface area (Å²) in [7, 11) is 1.36. The zero-order chi connectivity index (χ0) is 14.5. The van der Waals surface area contributed by atoms with E-state index in [0.717, 1.165) is 17.7 Å². The number of likely N-dealkylation sites (N-methyl/N-ethyl adjacent to an activating group) is 1. The first-order chi connectivity index (χ1) is 9.65. The number of amides is 1. The molecule has 0 aromatic heterocycles. The van der Waals surface area contributed by atoms with Gasteiger partial charge in [-0.05, 0) is 31.0 Å². The first kappa shape index (κ1) is 14.5. The number of hydrogen-bond acceptors (Lipinski definition) is 4. The Labute approximate surface area is 118 Å². The van der Waals surface area contributed by atoms with Crippen LogP contribution in [0.2, 0.25) is 0 Å². The van der Waals surface area contributed by atoms with E-state index in [1.165, 1.54) is 7.11 Å². The highest BCUT2D eigenvalue weighted by atomic mass is 16.5. The third-order valence-corrected chi connectivity index (χ3v) is 3.67. The molecule has 1 aromatic carbocycles. The number of esters is 1. The van der Waals surface area contributed by atoms with Gasteiger partial charge in [0.05, 0.1) is 19.7 Å². The van der Waals surface area contributed by atoms with Gasteiger partial charge in [0.15, 0.2) is 0 Å². The monoisotopic (exact) mass is 276 g/mol. The van der Waals surface area contributed by atoms with Crippen LogP contribution in [-0.4, -0.2) is 43.0 Å². The van der Waals surface area contributed by atoms with Crippen molar-refractivity contribution in [1.82, 2.24) is 4.90 Å². The molecule has 0 saturated carbocycles. The van der Waals surface area contributed by atoms with E-state index < -0.39 is 0 Å². The average molecular weight is 276 g/mol. The van der Waals surface area contributed by atoms with Crippen LogP contribution in [0.15, 0.2) is 24.3 Å². The largest absolute Gasteiger partial charge is 0.468 e. The number of aryl methyl sites for hydroxylation is 1. The number of rotatable bonds is 4. The molecule has 5 heteroatoms. The lowest BCUT2D eigenvalue weighted by Crippen LogP contribution is -2.46. The van der Waals surface area contributed by atoms with Crippen LogP contribution in [0, 0.1) is 0 Å². The van der Waals surface area contributed by atoms with Gasteiger partial charge in [0.1, 0.15) is 0 Å². The minimum absolute atomic E-state index is 0.0549. The Bertz CT molecular complexity index is 502. The number of carbonyl (C=O) groups is 2. The zero-order valence-corrected chi connectivity index (χ0v) is 11.9. The molecule has 1 amide bonds. The molecule has 1 atom stereocenters. The van der Waals surface area contributed by atoms with Gasteiger partial charge >= 0.3 is 5.97 Å². The van der Waals surface area contributed by atoms with Crippen molar-refractivity contribution in [2.24, 2.45) is 0 Å². The molecule has 2 rings (SSSR count). The molecule has 0 radical (unpaired) electrons. The fourth-order valence-corrected chi connectivity index (χ4v) is 2.52. The molecule has 5 nitrogen and oxygen atoms in total. The van der Waals surface area contributed by atoms with E-state index in [0.29, 0.717) is 13.0 Å². The van der Waals surface area contributed by atoms with E-state index in [-0.39, 0.29) is 24.5 Å². The molecule has 0 bridgehead atoms. The van der Waals surface area contributed by atoms with E-state index in [1.54, 1.807) is 0 Å². The predicted octanol–water partition coefficient (Wildman–Crippen LogP) is 1.43. The van der Waals surface area contributed by atoms with Crippen LogP contribution in [0.1, 0.15) is 18.9 Å². The van der Waals surface area contributed by atoms with E-state index in [2.05, 4.69) is 10.1 Å². The fourth-order valence-electron chi connectivity index (χ4n) is 2.52. The Morgan fingerprint density at radius 1 is 1.45 bits per heavy atom. The number of nitrogens with zero attached hydrogens (tertiary/aromatic N) is 1. The quantitative estimate of drug-likeness (QED) is 0.845. The molecule has 1 aromatic rings. The molecular weight excluding hydrogens is 256 g/mol. The van der Waals surface area contributed by atoms with Gasteiger partial charge in [0.25, 0.3) is 0 Å².